The van der Waals surface area contributed by atoms with E-state index < -0.39 is 0 Å². The van der Waals surface area contributed by atoms with Crippen LogP contribution in [-0.4, -0.2) is 51.4 Å². The first-order chi connectivity index (χ1) is 11.1. The maximum absolute atomic E-state index is 12.0. The van der Waals surface area contributed by atoms with Crippen LogP contribution in [0.15, 0.2) is 31.2 Å². The second-order valence-electron chi connectivity index (χ2n) is 6.79. The topological polar surface area (TPSA) is 65.1 Å². The summed E-state index contributed by atoms with van der Waals surface area (Å²) in [6.45, 7) is 8.47. The predicted molar refractivity (Wildman–Crippen MR) is 89.1 cm³/mol. The van der Waals surface area contributed by atoms with Gasteiger partial charge in [0.25, 0.3) is 0 Å². The van der Waals surface area contributed by atoms with E-state index in [1.807, 2.05) is 17.2 Å². The second-order valence-corrected chi connectivity index (χ2v) is 6.79. The Balaban J connectivity index is 1.71. The Morgan fingerprint density at radius 3 is 3.09 bits per heavy atom. The number of H-pyrrole nitrogens is 1. The highest BCUT2D eigenvalue weighted by molar-refractivity contribution is 5.88. The van der Waals surface area contributed by atoms with Crippen LogP contribution in [0, 0.1) is 5.41 Å². The lowest BCUT2D eigenvalue weighted by Gasteiger charge is -2.44. The van der Waals surface area contributed by atoms with Crippen molar-refractivity contribution in [3.05, 3.63) is 31.2 Å². The van der Waals surface area contributed by atoms with Gasteiger partial charge in [0, 0.05) is 25.8 Å². The Labute approximate surface area is 135 Å². The molecule has 1 amide bonds. The number of aromatic nitrogens is 3. The molecule has 4 heterocycles. The molecule has 0 radical (unpaired) electrons. The molecular weight excluding hydrogens is 290 g/mol. The number of carbonyl (C=O) groups excluding carboxylic acids is 1. The van der Waals surface area contributed by atoms with Crippen molar-refractivity contribution in [3.63, 3.8) is 0 Å². The van der Waals surface area contributed by atoms with E-state index in [4.69, 9.17) is 0 Å². The number of nitrogens with zero attached hydrogens (tertiary/aromatic N) is 4. The van der Waals surface area contributed by atoms with Crippen molar-refractivity contribution in [3.8, 4) is 0 Å². The smallest absolute Gasteiger partial charge is 0.246 e. The van der Waals surface area contributed by atoms with E-state index in [9.17, 15) is 4.79 Å². The normalized spacial score (nSPS) is 27.3. The summed E-state index contributed by atoms with van der Waals surface area (Å²) in [5.74, 6) is 0.992. The molecule has 0 saturated carbocycles. The van der Waals surface area contributed by atoms with Gasteiger partial charge in [-0.1, -0.05) is 13.5 Å². The van der Waals surface area contributed by atoms with Gasteiger partial charge in [-0.15, -0.1) is 0 Å². The van der Waals surface area contributed by atoms with Crippen molar-refractivity contribution < 1.29 is 4.79 Å². The van der Waals surface area contributed by atoms with Crippen LogP contribution in [0.4, 0.5) is 5.82 Å². The SMILES string of the molecule is C=CC(=O)N1CC[C@]2(C)CCN(c3ncnc4[nH]ccc34)[C@@H]2C1. The zero-order chi connectivity index (χ0) is 16.0. The number of nitrogens with one attached hydrogen (secondary N) is 1. The van der Waals surface area contributed by atoms with E-state index in [0.717, 1.165) is 49.3 Å². The van der Waals surface area contributed by atoms with Crippen LogP contribution < -0.4 is 4.90 Å². The summed E-state index contributed by atoms with van der Waals surface area (Å²) in [6.07, 6.45) is 7.07. The molecule has 120 valence electrons. The van der Waals surface area contributed by atoms with E-state index >= 15 is 0 Å². The van der Waals surface area contributed by atoms with Gasteiger partial charge in [-0.3, -0.25) is 4.79 Å². The van der Waals surface area contributed by atoms with Gasteiger partial charge in [-0.05, 0) is 30.4 Å². The van der Waals surface area contributed by atoms with Crippen LogP contribution in [0.25, 0.3) is 11.0 Å². The number of fused-ring (bicyclic) bond motifs is 2. The lowest BCUT2D eigenvalue weighted by molar-refractivity contribution is -0.128. The molecule has 23 heavy (non-hydrogen) atoms. The van der Waals surface area contributed by atoms with Crippen LogP contribution in [0.2, 0.25) is 0 Å². The highest BCUT2D eigenvalue weighted by Crippen LogP contribution is 2.45. The van der Waals surface area contributed by atoms with Gasteiger partial charge in [-0.25, -0.2) is 9.97 Å². The van der Waals surface area contributed by atoms with E-state index in [0.29, 0.717) is 0 Å². The van der Waals surface area contributed by atoms with Gasteiger partial charge in [0.2, 0.25) is 5.91 Å². The summed E-state index contributed by atoms with van der Waals surface area (Å²) >= 11 is 0. The zero-order valence-electron chi connectivity index (χ0n) is 13.3. The summed E-state index contributed by atoms with van der Waals surface area (Å²) in [7, 11) is 0. The van der Waals surface area contributed by atoms with Crippen LogP contribution >= 0.6 is 0 Å². The third kappa shape index (κ3) is 2.12. The van der Waals surface area contributed by atoms with Crippen molar-refractivity contribution in [2.75, 3.05) is 24.5 Å². The highest BCUT2D eigenvalue weighted by Gasteiger charge is 2.48. The van der Waals surface area contributed by atoms with Gasteiger partial charge in [0.05, 0.1) is 11.4 Å². The van der Waals surface area contributed by atoms with E-state index in [2.05, 4.69) is 33.4 Å². The number of piperidine rings is 1. The minimum Gasteiger partial charge on any atom is -0.351 e. The number of hydrogen-bond acceptors (Lipinski definition) is 4. The van der Waals surface area contributed by atoms with Crippen molar-refractivity contribution >= 4 is 22.8 Å². The first-order valence-electron chi connectivity index (χ1n) is 8.08. The van der Waals surface area contributed by atoms with Crippen molar-refractivity contribution in [2.45, 2.75) is 25.8 Å². The number of anilines is 1. The van der Waals surface area contributed by atoms with Crippen LogP contribution in [0.1, 0.15) is 19.8 Å². The fourth-order valence-electron chi connectivity index (χ4n) is 4.05. The molecule has 2 aliphatic rings. The van der Waals surface area contributed by atoms with Crippen LogP contribution in [0.3, 0.4) is 0 Å². The fraction of sp³-hybridized carbons (Fsp3) is 0.471. The summed E-state index contributed by atoms with van der Waals surface area (Å²) in [6, 6.07) is 2.31. The summed E-state index contributed by atoms with van der Waals surface area (Å²) in [4.78, 5) is 28.3. The monoisotopic (exact) mass is 311 g/mol. The van der Waals surface area contributed by atoms with Crippen molar-refractivity contribution in [1.29, 1.82) is 0 Å². The molecule has 6 nitrogen and oxygen atoms in total. The molecule has 2 atom stereocenters. The largest absolute Gasteiger partial charge is 0.351 e. The molecule has 2 aromatic heterocycles. The Morgan fingerprint density at radius 2 is 2.26 bits per heavy atom. The van der Waals surface area contributed by atoms with E-state index in [1.165, 1.54) is 6.08 Å². The van der Waals surface area contributed by atoms with Crippen LogP contribution in [-0.2, 0) is 4.79 Å². The number of aromatic amines is 1. The van der Waals surface area contributed by atoms with Gasteiger partial charge < -0.3 is 14.8 Å². The number of hydrogen-bond donors (Lipinski definition) is 1. The number of likely N-dealkylation sites (tertiary alicyclic amines) is 1. The standard InChI is InChI=1S/C17H21N5O/c1-3-14(23)21-8-5-17(2)6-9-22(13(17)10-21)16-12-4-7-18-15(12)19-11-20-16/h3-4,7,11,13H,1,5-6,8-10H2,2H3,(H,18,19,20)/t13-,17-/m1/s1. The average Bonchev–Trinajstić information content (AvgIpc) is 3.17. The molecule has 0 aromatic carbocycles. The highest BCUT2D eigenvalue weighted by atomic mass is 16.2. The third-order valence-corrected chi connectivity index (χ3v) is 5.54. The number of rotatable bonds is 2. The minimum atomic E-state index is 0.0216. The van der Waals surface area contributed by atoms with Gasteiger partial charge in [0.15, 0.2) is 0 Å². The third-order valence-electron chi connectivity index (χ3n) is 5.54. The Hall–Kier alpha value is -2.37. The van der Waals surface area contributed by atoms with Crippen molar-refractivity contribution in [2.24, 2.45) is 5.41 Å². The molecule has 0 spiro atoms. The maximum Gasteiger partial charge on any atom is 0.246 e. The minimum absolute atomic E-state index is 0.0216. The molecule has 1 N–H and O–H groups in total. The molecule has 2 fully saturated rings. The molecule has 6 heteroatoms. The second kappa shape index (κ2) is 5.08. The summed E-state index contributed by atoms with van der Waals surface area (Å²) < 4.78 is 0. The van der Waals surface area contributed by atoms with Gasteiger partial charge >= 0.3 is 0 Å². The molecule has 0 bridgehead atoms. The van der Waals surface area contributed by atoms with E-state index in [-0.39, 0.29) is 17.4 Å². The molecule has 0 unspecified atom stereocenters. The first kappa shape index (κ1) is 14.2. The molecule has 2 aliphatic heterocycles. The van der Waals surface area contributed by atoms with Gasteiger partial charge in [0.1, 0.15) is 17.8 Å². The fourth-order valence-corrected chi connectivity index (χ4v) is 4.05. The molecular formula is C17H21N5O. The molecule has 2 aromatic rings. The van der Waals surface area contributed by atoms with Crippen molar-refractivity contribution in [1.82, 2.24) is 19.9 Å². The number of carbonyl (C=O) groups is 1. The summed E-state index contributed by atoms with van der Waals surface area (Å²) in [5, 5.41) is 1.05. The molecule has 0 aliphatic carbocycles. The number of amides is 1. The maximum atomic E-state index is 12.0. The Kier molecular flexibility index (Phi) is 3.14. The quantitative estimate of drug-likeness (QED) is 0.861. The molecule has 4 rings (SSSR count). The first-order valence-corrected chi connectivity index (χ1v) is 8.08. The zero-order valence-corrected chi connectivity index (χ0v) is 13.3. The lowest BCUT2D eigenvalue weighted by atomic mass is 9.76. The Morgan fingerprint density at radius 1 is 1.43 bits per heavy atom. The Bertz CT molecular complexity index is 769. The van der Waals surface area contributed by atoms with Gasteiger partial charge in [-0.2, -0.15) is 0 Å². The van der Waals surface area contributed by atoms with E-state index in [1.54, 1.807) is 6.33 Å². The average molecular weight is 311 g/mol. The van der Waals surface area contributed by atoms with Crippen LogP contribution in [0.5, 0.6) is 0 Å². The molecule has 2 saturated heterocycles. The lowest BCUT2D eigenvalue weighted by Crippen LogP contribution is -2.54. The summed E-state index contributed by atoms with van der Waals surface area (Å²) in [5.41, 5.74) is 1.09. The predicted octanol–water partition coefficient (Wildman–Crippen LogP) is 1.96.